The lowest BCUT2D eigenvalue weighted by Crippen LogP contribution is -2.72. The molecule has 0 saturated carbocycles. The van der Waals surface area contributed by atoms with Gasteiger partial charge in [0.1, 0.15) is 0 Å². The Kier molecular flexibility index (Phi) is 4.15. The molecule has 80 valence electrons. The minimum absolute atomic E-state index is 0.164. The quantitative estimate of drug-likeness (QED) is 0.730. The van der Waals surface area contributed by atoms with E-state index in [9.17, 15) is 4.80 Å². The van der Waals surface area contributed by atoms with Crippen molar-refractivity contribution in [2.75, 3.05) is 6.61 Å². The Morgan fingerprint density at radius 2 is 1.15 bits per heavy atom. The summed E-state index contributed by atoms with van der Waals surface area (Å²) >= 11 is 0. The maximum Gasteiger partial charge on any atom is 0.165 e. The fourth-order valence-electron chi connectivity index (χ4n) is 2.04. The van der Waals surface area contributed by atoms with Crippen molar-refractivity contribution in [3.8, 4) is 0 Å². The second-order valence-corrected chi connectivity index (χ2v) is 32.5. The Labute approximate surface area is 84.7 Å². The summed E-state index contributed by atoms with van der Waals surface area (Å²) in [5.41, 5.74) is 0. The number of hydrogen-bond acceptors (Lipinski definition) is 2. The Bertz CT molecular complexity index is 155. The molecule has 13 heavy (non-hydrogen) atoms. The maximum atomic E-state index is 10.8. The molecule has 2 N–H and O–H groups in total. The summed E-state index contributed by atoms with van der Waals surface area (Å²) in [7, 11) is -5.07. The van der Waals surface area contributed by atoms with Gasteiger partial charge in [-0.2, -0.15) is 0 Å². The van der Waals surface area contributed by atoms with Crippen LogP contribution in [0.15, 0.2) is 0 Å². The minimum Gasteiger partial charge on any atom is -0.437 e. The molecular formula is C8H24O2Si3. The third kappa shape index (κ3) is 2.76. The molecule has 0 amide bonds. The lowest BCUT2D eigenvalue weighted by Gasteiger charge is -2.45. The van der Waals surface area contributed by atoms with Crippen molar-refractivity contribution in [3.05, 3.63) is 0 Å². The van der Waals surface area contributed by atoms with Crippen LogP contribution in [0.3, 0.4) is 0 Å². The first-order valence-corrected chi connectivity index (χ1v) is 16.0. The van der Waals surface area contributed by atoms with Gasteiger partial charge < -0.3 is 9.90 Å². The summed E-state index contributed by atoms with van der Waals surface area (Å²) in [4.78, 5) is 10.8. The predicted octanol–water partition coefficient (Wildman–Crippen LogP) is 1.75. The van der Waals surface area contributed by atoms with Crippen LogP contribution in [0.1, 0.15) is 0 Å². The van der Waals surface area contributed by atoms with Crippen LogP contribution in [0.4, 0.5) is 0 Å². The Morgan fingerprint density at radius 1 is 0.846 bits per heavy atom. The molecule has 0 atom stereocenters. The fourth-order valence-corrected chi connectivity index (χ4v) is 38.3. The van der Waals surface area contributed by atoms with Crippen molar-refractivity contribution in [1.29, 1.82) is 0 Å². The molecule has 0 fully saturated rings. The number of aliphatic hydroxyl groups is 1. The molecule has 0 aromatic heterocycles. The Hall–Kier alpha value is 0.571. The molecular weight excluding hydrogens is 212 g/mol. The van der Waals surface area contributed by atoms with Gasteiger partial charge in [0.2, 0.25) is 0 Å². The minimum atomic E-state index is -2.12. The van der Waals surface area contributed by atoms with E-state index < -0.39 is 22.5 Å². The van der Waals surface area contributed by atoms with Crippen molar-refractivity contribution in [3.63, 3.8) is 0 Å². The van der Waals surface area contributed by atoms with Crippen LogP contribution in [-0.4, -0.2) is 39.0 Å². The van der Waals surface area contributed by atoms with Crippen LogP contribution in [0, 0.1) is 0 Å². The van der Waals surface area contributed by atoms with Gasteiger partial charge in [-0.3, -0.25) is 0 Å². The fraction of sp³-hybridized carbons (Fsp3) is 1.00. The average molecular weight is 237 g/mol. The molecule has 0 heterocycles. The van der Waals surface area contributed by atoms with Gasteiger partial charge in [0.05, 0.1) is 15.2 Å². The van der Waals surface area contributed by atoms with E-state index in [1.807, 2.05) is 0 Å². The number of hydrogen-bond donors (Lipinski definition) is 2. The van der Waals surface area contributed by atoms with Crippen LogP contribution in [-0.2, 0) is 0 Å². The van der Waals surface area contributed by atoms with E-state index in [2.05, 4.69) is 39.3 Å². The first-order valence-electron chi connectivity index (χ1n) is 4.89. The molecule has 0 aliphatic heterocycles. The first kappa shape index (κ1) is 13.6. The first-order chi connectivity index (χ1) is 5.56. The smallest absolute Gasteiger partial charge is 0.165 e. The van der Waals surface area contributed by atoms with Gasteiger partial charge in [0.15, 0.2) is 7.35 Å². The highest BCUT2D eigenvalue weighted by molar-refractivity contribution is 7.66. The largest absolute Gasteiger partial charge is 0.437 e. The van der Waals surface area contributed by atoms with Gasteiger partial charge in [-0.1, -0.05) is 39.3 Å². The Morgan fingerprint density at radius 3 is 1.23 bits per heavy atom. The molecule has 0 aromatic rings. The third-order valence-electron chi connectivity index (χ3n) is 2.96. The van der Waals surface area contributed by atoms with Crippen LogP contribution < -0.4 is 0 Å². The molecule has 0 rings (SSSR count). The molecule has 0 aromatic carbocycles. The van der Waals surface area contributed by atoms with Crippen LogP contribution >= 0.6 is 0 Å². The van der Waals surface area contributed by atoms with Crippen molar-refractivity contribution < 1.29 is 9.90 Å². The van der Waals surface area contributed by atoms with Gasteiger partial charge in [0.25, 0.3) is 0 Å². The zero-order valence-corrected chi connectivity index (χ0v) is 12.8. The molecule has 0 bridgehead atoms. The Balaban J connectivity index is 4.96. The van der Waals surface area contributed by atoms with Crippen molar-refractivity contribution in [1.82, 2.24) is 0 Å². The van der Waals surface area contributed by atoms with E-state index in [1.165, 1.54) is 0 Å². The zero-order chi connectivity index (χ0) is 10.9. The SMILES string of the molecule is C[Si](C)(C)[Si](O)(CCO)[Si](C)(C)C. The summed E-state index contributed by atoms with van der Waals surface area (Å²) in [6.07, 6.45) is 0. The van der Waals surface area contributed by atoms with E-state index in [4.69, 9.17) is 5.11 Å². The number of rotatable bonds is 4. The van der Waals surface area contributed by atoms with E-state index in [0.29, 0.717) is 6.04 Å². The predicted molar refractivity (Wildman–Crippen MR) is 66.6 cm³/mol. The summed E-state index contributed by atoms with van der Waals surface area (Å²) in [6.45, 7) is 13.6. The van der Waals surface area contributed by atoms with Crippen molar-refractivity contribution in [2.24, 2.45) is 0 Å². The van der Waals surface area contributed by atoms with E-state index in [-0.39, 0.29) is 6.61 Å². The lowest BCUT2D eigenvalue weighted by atomic mass is 10.9. The molecule has 0 radical (unpaired) electrons. The second-order valence-electron chi connectivity index (χ2n) is 5.83. The molecule has 0 unspecified atom stereocenters. The number of aliphatic hydroxyl groups excluding tert-OH is 1. The average Bonchev–Trinajstić information content (AvgIpc) is 1.82. The van der Waals surface area contributed by atoms with Gasteiger partial charge >= 0.3 is 0 Å². The van der Waals surface area contributed by atoms with Crippen molar-refractivity contribution >= 4 is 22.5 Å². The topological polar surface area (TPSA) is 40.5 Å². The standard InChI is InChI=1S/C8H24O2Si3/c1-11(2,3)13(10,8-7-9)12(4,5)6/h9-10H,7-8H2,1-6H3. The maximum absolute atomic E-state index is 10.8. The van der Waals surface area contributed by atoms with Gasteiger partial charge in [0, 0.05) is 6.61 Å². The molecule has 0 saturated heterocycles. The van der Waals surface area contributed by atoms with Gasteiger partial charge in [-0.15, -0.1) is 0 Å². The summed E-state index contributed by atoms with van der Waals surface area (Å²) in [6, 6.07) is 0.693. The van der Waals surface area contributed by atoms with Gasteiger partial charge in [-0.25, -0.2) is 0 Å². The molecule has 0 aliphatic rings. The second kappa shape index (κ2) is 3.98. The normalized spacial score (nSPS) is 14.8. The molecule has 5 heteroatoms. The van der Waals surface area contributed by atoms with Crippen LogP contribution in [0.2, 0.25) is 45.3 Å². The summed E-state index contributed by atoms with van der Waals surface area (Å²) in [5.74, 6) is 0. The molecule has 0 aliphatic carbocycles. The lowest BCUT2D eigenvalue weighted by molar-refractivity contribution is 0.312. The molecule has 0 spiro atoms. The van der Waals surface area contributed by atoms with Crippen molar-refractivity contribution in [2.45, 2.75) is 45.3 Å². The van der Waals surface area contributed by atoms with Gasteiger partial charge in [-0.05, 0) is 6.04 Å². The summed E-state index contributed by atoms with van der Waals surface area (Å²) in [5, 5.41) is 9.05. The third-order valence-corrected chi connectivity index (χ3v) is 38.8. The van der Waals surface area contributed by atoms with E-state index in [1.54, 1.807) is 0 Å². The van der Waals surface area contributed by atoms with Crippen LogP contribution in [0.25, 0.3) is 0 Å². The highest BCUT2D eigenvalue weighted by Crippen LogP contribution is 2.29. The zero-order valence-electron chi connectivity index (χ0n) is 9.81. The highest BCUT2D eigenvalue weighted by Gasteiger charge is 2.53. The highest BCUT2D eigenvalue weighted by atomic mass is 29.7. The van der Waals surface area contributed by atoms with E-state index >= 15 is 0 Å². The monoisotopic (exact) mass is 236 g/mol. The summed E-state index contributed by atoms with van der Waals surface area (Å²) < 4.78 is 0. The van der Waals surface area contributed by atoms with E-state index in [0.717, 1.165) is 0 Å². The molecule has 2 nitrogen and oxygen atoms in total. The van der Waals surface area contributed by atoms with Crippen LogP contribution in [0.5, 0.6) is 0 Å².